The Hall–Kier alpha value is -2.78. The van der Waals surface area contributed by atoms with Crippen molar-refractivity contribution in [1.82, 2.24) is 20.9 Å². The second-order valence-electron chi connectivity index (χ2n) is 9.30. The Labute approximate surface area is 186 Å². The summed E-state index contributed by atoms with van der Waals surface area (Å²) in [6.07, 6.45) is 7.25. The van der Waals surface area contributed by atoms with E-state index in [1.54, 1.807) is 0 Å². The molecule has 10 heteroatoms. The molecule has 174 valence electrons. The number of carbonyl (C=O) groups excluding carboxylic acids is 6. The number of hydrogen-bond acceptors (Lipinski definition) is 6. The van der Waals surface area contributed by atoms with E-state index >= 15 is 0 Å². The average molecular weight is 447 g/mol. The number of rotatable bonds is 7. The summed E-state index contributed by atoms with van der Waals surface area (Å²) in [5.41, 5.74) is 4.84. The summed E-state index contributed by atoms with van der Waals surface area (Å²) in [5, 5.41) is 1.75. The smallest absolute Gasteiger partial charge is 0.252 e. The number of hydrazine groups is 2. The molecule has 0 aromatic rings. The van der Waals surface area contributed by atoms with E-state index in [-0.39, 0.29) is 60.1 Å². The highest BCUT2D eigenvalue weighted by molar-refractivity contribution is 6.07. The summed E-state index contributed by atoms with van der Waals surface area (Å²) >= 11 is 0. The van der Waals surface area contributed by atoms with Crippen LogP contribution in [0.5, 0.6) is 0 Å². The maximum absolute atomic E-state index is 12.4. The number of fused-ring (bicyclic) bond motifs is 2. The van der Waals surface area contributed by atoms with Crippen molar-refractivity contribution in [3.8, 4) is 0 Å². The van der Waals surface area contributed by atoms with Crippen molar-refractivity contribution in [2.75, 3.05) is 0 Å². The molecule has 0 radical (unpaired) electrons. The van der Waals surface area contributed by atoms with Crippen LogP contribution in [0.2, 0.25) is 0 Å². The van der Waals surface area contributed by atoms with Crippen molar-refractivity contribution in [3.63, 3.8) is 0 Å². The van der Waals surface area contributed by atoms with Crippen LogP contribution < -0.4 is 10.9 Å². The minimum absolute atomic E-state index is 0.0609. The quantitative estimate of drug-likeness (QED) is 0.442. The standard InChI is InChI=1S/C22H30N4O6/c27-17(23-25-19(29)13-7-1-2-8-14(13)20(25)30)11-5-6-12-18(28)24-26-21(31)15-9-3-4-10-16(15)22(26)32/h13-16H,1-12H2,(H,23,27)(H,24,28). The third-order valence-corrected chi connectivity index (χ3v) is 7.21. The monoisotopic (exact) mass is 446 g/mol. The Morgan fingerprint density at radius 1 is 0.594 bits per heavy atom. The molecule has 2 aliphatic carbocycles. The summed E-state index contributed by atoms with van der Waals surface area (Å²) in [4.78, 5) is 74.0. The molecule has 4 aliphatic rings. The lowest BCUT2D eigenvalue weighted by atomic mass is 9.81. The van der Waals surface area contributed by atoms with Crippen LogP contribution in [0.3, 0.4) is 0 Å². The lowest BCUT2D eigenvalue weighted by Gasteiger charge is -2.19. The topological polar surface area (TPSA) is 133 Å². The first-order chi connectivity index (χ1) is 15.4. The van der Waals surface area contributed by atoms with Gasteiger partial charge in [-0.25, -0.2) is 0 Å². The minimum Gasteiger partial charge on any atom is -0.273 e. The summed E-state index contributed by atoms with van der Waals surface area (Å²) in [5.74, 6) is -3.47. The molecular formula is C22H30N4O6. The van der Waals surface area contributed by atoms with Gasteiger partial charge < -0.3 is 0 Å². The molecule has 6 amide bonds. The van der Waals surface area contributed by atoms with E-state index in [1.807, 2.05) is 0 Å². The first-order valence-corrected chi connectivity index (χ1v) is 11.7. The molecule has 2 N–H and O–H groups in total. The maximum atomic E-state index is 12.4. The molecule has 4 atom stereocenters. The third-order valence-electron chi connectivity index (χ3n) is 7.21. The van der Waals surface area contributed by atoms with E-state index < -0.39 is 11.8 Å². The summed E-state index contributed by atoms with van der Waals surface area (Å²) < 4.78 is 0. The van der Waals surface area contributed by atoms with Crippen LogP contribution in [0.4, 0.5) is 0 Å². The van der Waals surface area contributed by atoms with Crippen LogP contribution in [0.25, 0.3) is 0 Å². The van der Waals surface area contributed by atoms with Crippen LogP contribution in [-0.2, 0) is 28.8 Å². The molecular weight excluding hydrogens is 416 g/mol. The molecule has 32 heavy (non-hydrogen) atoms. The fraction of sp³-hybridized carbons (Fsp3) is 0.727. The molecule has 0 aromatic heterocycles. The van der Waals surface area contributed by atoms with Gasteiger partial charge in [0.25, 0.3) is 23.6 Å². The second-order valence-corrected chi connectivity index (χ2v) is 9.30. The Kier molecular flexibility index (Phi) is 6.57. The number of imide groups is 2. The number of unbranched alkanes of at least 4 members (excludes halogenated alkanes) is 1. The van der Waals surface area contributed by atoms with Gasteiger partial charge in [0.15, 0.2) is 0 Å². The molecule has 4 unspecified atom stereocenters. The van der Waals surface area contributed by atoms with Crippen molar-refractivity contribution in [2.45, 2.75) is 77.0 Å². The van der Waals surface area contributed by atoms with Gasteiger partial charge in [-0.15, -0.1) is 0 Å². The third kappa shape index (κ3) is 4.27. The lowest BCUT2D eigenvalue weighted by Crippen LogP contribution is -2.46. The number of hydrogen-bond donors (Lipinski definition) is 2. The molecule has 0 aromatic carbocycles. The van der Waals surface area contributed by atoms with Crippen molar-refractivity contribution in [3.05, 3.63) is 0 Å². The van der Waals surface area contributed by atoms with Gasteiger partial charge in [-0.05, 0) is 38.5 Å². The van der Waals surface area contributed by atoms with Gasteiger partial charge >= 0.3 is 0 Å². The lowest BCUT2D eigenvalue weighted by molar-refractivity contribution is -0.149. The SMILES string of the molecule is O=C(CCCCC(=O)NN1C(=O)C2CCCCC2C1=O)NN1C(=O)C2CCCCC2C1=O. The van der Waals surface area contributed by atoms with Crippen molar-refractivity contribution in [1.29, 1.82) is 0 Å². The van der Waals surface area contributed by atoms with Gasteiger partial charge in [-0.1, -0.05) is 25.7 Å². The zero-order chi connectivity index (χ0) is 22.8. The van der Waals surface area contributed by atoms with E-state index in [9.17, 15) is 28.8 Å². The highest BCUT2D eigenvalue weighted by atomic mass is 16.2. The van der Waals surface area contributed by atoms with Crippen LogP contribution in [0.1, 0.15) is 77.0 Å². The Morgan fingerprint density at radius 2 is 0.875 bits per heavy atom. The molecule has 2 heterocycles. The van der Waals surface area contributed by atoms with Crippen molar-refractivity contribution >= 4 is 35.4 Å². The van der Waals surface area contributed by atoms with Gasteiger partial charge in [-0.2, -0.15) is 10.0 Å². The van der Waals surface area contributed by atoms with E-state index in [0.717, 1.165) is 35.7 Å². The van der Waals surface area contributed by atoms with Gasteiger partial charge in [0, 0.05) is 12.8 Å². The first kappa shape index (κ1) is 22.4. The van der Waals surface area contributed by atoms with Crippen molar-refractivity contribution < 1.29 is 28.8 Å². The molecule has 2 aliphatic heterocycles. The number of nitrogens with one attached hydrogen (secondary N) is 2. The normalized spacial score (nSPS) is 29.8. The Bertz CT molecular complexity index is 726. The Morgan fingerprint density at radius 3 is 1.16 bits per heavy atom. The highest BCUT2D eigenvalue weighted by Gasteiger charge is 2.50. The van der Waals surface area contributed by atoms with Crippen LogP contribution in [0.15, 0.2) is 0 Å². The van der Waals surface area contributed by atoms with Gasteiger partial charge in [-0.3, -0.25) is 39.6 Å². The zero-order valence-corrected chi connectivity index (χ0v) is 18.1. The second kappa shape index (κ2) is 9.38. The first-order valence-electron chi connectivity index (χ1n) is 11.7. The fourth-order valence-corrected chi connectivity index (χ4v) is 5.48. The van der Waals surface area contributed by atoms with E-state index in [2.05, 4.69) is 10.9 Å². The fourth-order valence-electron chi connectivity index (χ4n) is 5.48. The maximum Gasteiger partial charge on any atom is 0.252 e. The number of amides is 6. The van der Waals surface area contributed by atoms with Crippen LogP contribution >= 0.6 is 0 Å². The number of carbonyl (C=O) groups is 6. The summed E-state index contributed by atoms with van der Waals surface area (Å²) in [6, 6.07) is 0. The van der Waals surface area contributed by atoms with E-state index in [0.29, 0.717) is 38.5 Å². The summed E-state index contributed by atoms with van der Waals surface area (Å²) in [6.45, 7) is 0. The molecule has 0 spiro atoms. The predicted octanol–water partition coefficient (Wildman–Crippen LogP) is 0.960. The summed E-state index contributed by atoms with van der Waals surface area (Å²) in [7, 11) is 0. The molecule has 4 fully saturated rings. The van der Waals surface area contributed by atoms with E-state index in [4.69, 9.17) is 0 Å². The molecule has 10 nitrogen and oxygen atoms in total. The zero-order valence-electron chi connectivity index (χ0n) is 18.1. The minimum atomic E-state index is -0.445. The Balaban J connectivity index is 1.17. The van der Waals surface area contributed by atoms with Gasteiger partial charge in [0.2, 0.25) is 11.8 Å². The van der Waals surface area contributed by atoms with Crippen molar-refractivity contribution in [2.24, 2.45) is 23.7 Å². The molecule has 2 saturated carbocycles. The average Bonchev–Trinajstić information content (AvgIpc) is 3.18. The van der Waals surface area contributed by atoms with Crippen LogP contribution in [-0.4, -0.2) is 45.5 Å². The highest BCUT2D eigenvalue weighted by Crippen LogP contribution is 2.38. The van der Waals surface area contributed by atoms with Crippen LogP contribution in [0, 0.1) is 23.7 Å². The van der Waals surface area contributed by atoms with Gasteiger partial charge in [0.1, 0.15) is 0 Å². The number of nitrogens with zero attached hydrogens (tertiary/aromatic N) is 2. The van der Waals surface area contributed by atoms with Gasteiger partial charge in [0.05, 0.1) is 23.7 Å². The molecule has 2 saturated heterocycles. The largest absolute Gasteiger partial charge is 0.273 e. The molecule has 4 rings (SSSR count). The van der Waals surface area contributed by atoms with E-state index in [1.165, 1.54) is 0 Å². The predicted molar refractivity (Wildman–Crippen MR) is 109 cm³/mol. The molecule has 0 bridgehead atoms.